The molecule has 2 aliphatic rings. The molecule has 1 aromatic heterocycles. The van der Waals surface area contributed by atoms with Crippen LogP contribution in [0.1, 0.15) is 56.1 Å². The molecule has 0 spiro atoms. The highest BCUT2D eigenvalue weighted by Crippen LogP contribution is 2.70. The summed E-state index contributed by atoms with van der Waals surface area (Å²) in [6.07, 6.45) is 1.70. The van der Waals surface area contributed by atoms with E-state index in [1.807, 2.05) is 30.3 Å². The predicted molar refractivity (Wildman–Crippen MR) is 119 cm³/mol. The number of aromatic nitrogens is 2. The molecule has 1 saturated carbocycles. The van der Waals surface area contributed by atoms with Crippen LogP contribution in [-0.4, -0.2) is 15.9 Å². The van der Waals surface area contributed by atoms with E-state index < -0.39 is 5.41 Å². The predicted octanol–water partition coefficient (Wildman–Crippen LogP) is 4.72. The van der Waals surface area contributed by atoms with E-state index in [2.05, 4.69) is 57.6 Å². The summed E-state index contributed by atoms with van der Waals surface area (Å²) in [6, 6.07) is 13.9. The largest absolute Gasteiger partial charge is 0.299 e. The number of nitrogens with one attached hydrogen (secondary N) is 2. The normalized spacial score (nSPS) is 25.9. The molecule has 154 valence electrons. The summed E-state index contributed by atoms with van der Waals surface area (Å²) in [5.74, 6) is -0.0312. The molecule has 2 N–H and O–H groups in total. The van der Waals surface area contributed by atoms with Gasteiger partial charge in [0.15, 0.2) is 0 Å². The van der Waals surface area contributed by atoms with Crippen molar-refractivity contribution < 1.29 is 4.79 Å². The fraction of sp³-hybridized carbons (Fsp3) is 0.400. The third-order valence-electron chi connectivity index (χ3n) is 8.13. The highest BCUT2D eigenvalue weighted by molar-refractivity contribution is 5.93. The van der Waals surface area contributed by atoms with Gasteiger partial charge in [-0.2, -0.15) is 0 Å². The fourth-order valence-electron chi connectivity index (χ4n) is 5.62. The van der Waals surface area contributed by atoms with Gasteiger partial charge in [0.1, 0.15) is 5.41 Å². The van der Waals surface area contributed by atoms with Crippen molar-refractivity contribution in [1.82, 2.24) is 15.4 Å². The summed E-state index contributed by atoms with van der Waals surface area (Å²) in [5.41, 5.74) is 11.8. The van der Waals surface area contributed by atoms with E-state index in [9.17, 15) is 4.79 Å². The topological polar surface area (TPSA) is 66.9 Å². The van der Waals surface area contributed by atoms with Crippen LogP contribution < -0.4 is 10.9 Å². The maximum absolute atomic E-state index is 13.7. The van der Waals surface area contributed by atoms with Crippen LogP contribution >= 0.6 is 0 Å². The highest BCUT2D eigenvalue weighted by atomic mass is 16.2. The average molecular weight is 401 g/mol. The van der Waals surface area contributed by atoms with Crippen molar-refractivity contribution >= 4 is 22.6 Å². The molecule has 2 aromatic carbocycles. The van der Waals surface area contributed by atoms with Crippen LogP contribution in [0.5, 0.6) is 0 Å². The van der Waals surface area contributed by atoms with Crippen LogP contribution in [0.2, 0.25) is 0 Å². The Labute approximate surface area is 177 Å². The molecule has 2 bridgehead atoms. The third kappa shape index (κ3) is 2.21. The zero-order valence-electron chi connectivity index (χ0n) is 18.3. The number of fused-ring (bicyclic) bond motifs is 6. The Hall–Kier alpha value is -2.95. The second-order valence-corrected chi connectivity index (χ2v) is 9.65. The van der Waals surface area contributed by atoms with Gasteiger partial charge in [0.25, 0.3) is 5.91 Å². The number of aryl methyl sites for hydroxylation is 2. The van der Waals surface area contributed by atoms with E-state index in [1.54, 1.807) is 0 Å². The molecule has 0 aliphatic heterocycles. The molecule has 2 aliphatic carbocycles. The summed E-state index contributed by atoms with van der Waals surface area (Å²) in [6.45, 7) is 10.8. The minimum Gasteiger partial charge on any atom is -0.299 e. The van der Waals surface area contributed by atoms with Crippen LogP contribution in [0.15, 0.2) is 42.5 Å². The lowest BCUT2D eigenvalue weighted by Crippen LogP contribution is -2.52. The molecule has 1 amide bonds. The Morgan fingerprint density at radius 1 is 0.900 bits per heavy atom. The van der Waals surface area contributed by atoms with E-state index in [0.29, 0.717) is 0 Å². The van der Waals surface area contributed by atoms with E-state index in [-0.39, 0.29) is 16.7 Å². The van der Waals surface area contributed by atoms with Gasteiger partial charge in [-0.15, -0.1) is 0 Å². The summed E-state index contributed by atoms with van der Waals surface area (Å²) in [7, 11) is 0. The van der Waals surface area contributed by atoms with Crippen molar-refractivity contribution in [2.24, 2.45) is 5.41 Å². The Kier molecular flexibility index (Phi) is 3.83. The maximum Gasteiger partial charge on any atom is 0.251 e. The number of hydrogen-bond donors (Lipinski definition) is 2. The molecule has 1 heterocycles. The summed E-state index contributed by atoms with van der Waals surface area (Å²) in [4.78, 5) is 23.9. The molecule has 1 fully saturated rings. The lowest BCUT2D eigenvalue weighted by atomic mass is 9.63. The Bertz CT molecular complexity index is 1190. The first-order chi connectivity index (χ1) is 14.2. The lowest BCUT2D eigenvalue weighted by Gasteiger charge is -2.39. The smallest absolute Gasteiger partial charge is 0.251 e. The average Bonchev–Trinajstić information content (AvgIpc) is 3.02. The Morgan fingerprint density at radius 2 is 1.50 bits per heavy atom. The van der Waals surface area contributed by atoms with Gasteiger partial charge in [-0.1, -0.05) is 39.0 Å². The minimum absolute atomic E-state index is 0.0312. The number of nitrogens with zero attached hydrogens (tertiary/aromatic N) is 2. The molecule has 5 nitrogen and oxygen atoms in total. The SMILES string of the molecule is Cc1cc2nc3c(nc2cc1C)C1(C(=O)NNc2ccccc2)CCC3(C)C1(C)C. The van der Waals surface area contributed by atoms with E-state index in [1.165, 1.54) is 11.1 Å². The molecule has 0 saturated heterocycles. The zero-order chi connectivity index (χ0) is 21.3. The lowest BCUT2D eigenvalue weighted by molar-refractivity contribution is -0.129. The summed E-state index contributed by atoms with van der Waals surface area (Å²) < 4.78 is 0. The number of carbonyl (C=O) groups excluding carboxylic acids is 1. The molecule has 2 unspecified atom stereocenters. The van der Waals surface area contributed by atoms with Crippen LogP contribution in [0, 0.1) is 19.3 Å². The first-order valence-electron chi connectivity index (χ1n) is 10.6. The third-order valence-corrected chi connectivity index (χ3v) is 8.13. The molecule has 2 atom stereocenters. The Morgan fingerprint density at radius 3 is 2.13 bits per heavy atom. The van der Waals surface area contributed by atoms with Gasteiger partial charge in [0.05, 0.1) is 28.1 Å². The first kappa shape index (κ1) is 19.0. The minimum atomic E-state index is -0.709. The number of amides is 1. The molecular weight excluding hydrogens is 372 g/mol. The molecule has 30 heavy (non-hydrogen) atoms. The van der Waals surface area contributed by atoms with Gasteiger partial charge in [0.2, 0.25) is 0 Å². The quantitative estimate of drug-likeness (QED) is 0.625. The number of hydrazine groups is 1. The summed E-state index contributed by atoms with van der Waals surface area (Å²) >= 11 is 0. The van der Waals surface area contributed by atoms with Gasteiger partial charge in [0, 0.05) is 5.41 Å². The van der Waals surface area contributed by atoms with Gasteiger partial charge in [-0.25, -0.2) is 9.97 Å². The van der Waals surface area contributed by atoms with Crippen molar-refractivity contribution in [3.05, 3.63) is 65.0 Å². The number of para-hydroxylation sites is 1. The van der Waals surface area contributed by atoms with Crippen molar-refractivity contribution in [1.29, 1.82) is 0 Å². The zero-order valence-corrected chi connectivity index (χ0v) is 18.3. The van der Waals surface area contributed by atoms with E-state index >= 15 is 0 Å². The molecule has 5 heteroatoms. The highest BCUT2D eigenvalue weighted by Gasteiger charge is 2.73. The number of rotatable bonds is 3. The van der Waals surface area contributed by atoms with Crippen LogP contribution in [0.4, 0.5) is 5.69 Å². The van der Waals surface area contributed by atoms with Crippen molar-refractivity contribution in [2.75, 3.05) is 5.43 Å². The number of hydrogen-bond acceptors (Lipinski definition) is 4. The Balaban J connectivity index is 1.64. The monoisotopic (exact) mass is 400 g/mol. The van der Waals surface area contributed by atoms with E-state index in [0.717, 1.165) is 41.0 Å². The molecular formula is C25H28N4O. The maximum atomic E-state index is 13.7. The number of benzene rings is 2. The number of anilines is 1. The van der Waals surface area contributed by atoms with Crippen LogP contribution in [-0.2, 0) is 15.6 Å². The first-order valence-corrected chi connectivity index (χ1v) is 10.6. The van der Waals surface area contributed by atoms with Crippen molar-refractivity contribution in [3.63, 3.8) is 0 Å². The molecule has 3 aromatic rings. The molecule has 5 rings (SSSR count). The van der Waals surface area contributed by atoms with Gasteiger partial charge in [-0.3, -0.25) is 15.6 Å². The molecule has 0 radical (unpaired) electrons. The van der Waals surface area contributed by atoms with Crippen molar-refractivity contribution in [3.8, 4) is 0 Å². The fourth-order valence-corrected chi connectivity index (χ4v) is 5.62. The standard InChI is InChI=1S/C25H28N4O/c1-15-13-18-19(14-16(15)2)27-21-20(26-18)24(5)11-12-25(21,23(24,3)4)22(30)29-28-17-9-7-6-8-10-17/h6-10,13-14,28H,11-12H2,1-5H3,(H,29,30). The van der Waals surface area contributed by atoms with Gasteiger partial charge >= 0.3 is 0 Å². The van der Waals surface area contributed by atoms with E-state index in [4.69, 9.17) is 9.97 Å². The second-order valence-electron chi connectivity index (χ2n) is 9.65. The van der Waals surface area contributed by atoms with Crippen LogP contribution in [0.3, 0.4) is 0 Å². The number of carbonyl (C=O) groups is 1. The van der Waals surface area contributed by atoms with Gasteiger partial charge in [-0.05, 0) is 67.5 Å². The summed E-state index contributed by atoms with van der Waals surface area (Å²) in [5, 5.41) is 0. The van der Waals surface area contributed by atoms with Crippen LogP contribution in [0.25, 0.3) is 11.0 Å². The van der Waals surface area contributed by atoms with Crippen molar-refractivity contribution in [2.45, 2.75) is 58.3 Å². The second kappa shape index (κ2) is 6.03. The van der Waals surface area contributed by atoms with Gasteiger partial charge < -0.3 is 0 Å².